The highest BCUT2D eigenvalue weighted by atomic mass is 15.2. The summed E-state index contributed by atoms with van der Waals surface area (Å²) in [5.41, 5.74) is 3.64. The van der Waals surface area contributed by atoms with Gasteiger partial charge in [0, 0.05) is 31.2 Å². The summed E-state index contributed by atoms with van der Waals surface area (Å²) in [7, 11) is 1.94. The lowest BCUT2D eigenvalue weighted by atomic mass is 9.99. The van der Waals surface area contributed by atoms with Crippen molar-refractivity contribution in [3.05, 3.63) is 47.5 Å². The van der Waals surface area contributed by atoms with E-state index in [1.165, 1.54) is 16.7 Å². The number of aryl methyl sites for hydroxylation is 2. The fourth-order valence-electron chi connectivity index (χ4n) is 2.01. The lowest BCUT2D eigenvalue weighted by Crippen LogP contribution is -2.22. The van der Waals surface area contributed by atoms with E-state index in [1.54, 1.807) is 0 Å². The van der Waals surface area contributed by atoms with Crippen molar-refractivity contribution in [1.82, 2.24) is 20.1 Å². The van der Waals surface area contributed by atoms with Crippen molar-refractivity contribution >= 4 is 0 Å². The van der Waals surface area contributed by atoms with E-state index in [4.69, 9.17) is 0 Å². The number of pyridine rings is 1. The van der Waals surface area contributed by atoms with Crippen LogP contribution < -0.4 is 5.32 Å². The Morgan fingerprint density at radius 2 is 2.24 bits per heavy atom. The Morgan fingerprint density at radius 3 is 2.82 bits per heavy atom. The molecule has 1 N–H and O–H groups in total. The summed E-state index contributed by atoms with van der Waals surface area (Å²) < 4.78 is 1.83. The van der Waals surface area contributed by atoms with E-state index in [9.17, 15) is 0 Å². The molecule has 0 spiro atoms. The smallest absolute Gasteiger partial charge is 0.0611 e. The summed E-state index contributed by atoms with van der Waals surface area (Å²) in [6.45, 7) is 5.12. The molecule has 2 heterocycles. The molecule has 0 radical (unpaired) electrons. The quantitative estimate of drug-likeness (QED) is 0.871. The summed E-state index contributed by atoms with van der Waals surface area (Å²) in [5.74, 6) is 0. The van der Waals surface area contributed by atoms with Crippen LogP contribution in [0.25, 0.3) is 0 Å². The maximum atomic E-state index is 4.24. The second kappa shape index (κ2) is 5.10. The van der Waals surface area contributed by atoms with Gasteiger partial charge in [0.2, 0.25) is 0 Å². The van der Waals surface area contributed by atoms with Crippen molar-refractivity contribution in [2.45, 2.75) is 19.9 Å². The first-order chi connectivity index (χ1) is 8.22. The number of nitrogens with zero attached hydrogens (tertiary/aromatic N) is 3. The molecule has 0 aliphatic carbocycles. The zero-order valence-corrected chi connectivity index (χ0v) is 10.5. The highest BCUT2D eigenvalue weighted by molar-refractivity contribution is 5.33. The lowest BCUT2D eigenvalue weighted by molar-refractivity contribution is 0.626. The Labute approximate surface area is 102 Å². The van der Waals surface area contributed by atoms with Gasteiger partial charge in [0.15, 0.2) is 0 Å². The van der Waals surface area contributed by atoms with Gasteiger partial charge in [-0.05, 0) is 30.7 Å². The maximum absolute atomic E-state index is 4.24. The van der Waals surface area contributed by atoms with Gasteiger partial charge < -0.3 is 5.32 Å². The van der Waals surface area contributed by atoms with Crippen LogP contribution in [0.4, 0.5) is 0 Å². The topological polar surface area (TPSA) is 42.7 Å². The van der Waals surface area contributed by atoms with Crippen LogP contribution in [0.2, 0.25) is 0 Å². The summed E-state index contributed by atoms with van der Waals surface area (Å²) in [5, 5.41) is 7.72. The Bertz CT molecular complexity index is 490. The van der Waals surface area contributed by atoms with Gasteiger partial charge in [0.25, 0.3) is 0 Å². The fraction of sp³-hybridized carbons (Fsp3) is 0.385. The van der Waals surface area contributed by atoms with Crippen molar-refractivity contribution in [2.24, 2.45) is 7.05 Å². The van der Waals surface area contributed by atoms with Gasteiger partial charge in [-0.25, -0.2) is 0 Å². The molecule has 17 heavy (non-hydrogen) atoms. The molecule has 0 saturated carbocycles. The summed E-state index contributed by atoms with van der Waals surface area (Å²) >= 11 is 0. The molecule has 2 aromatic heterocycles. The molecule has 4 heteroatoms. The summed E-state index contributed by atoms with van der Waals surface area (Å²) in [6, 6.07) is 2.26. The van der Waals surface area contributed by atoms with E-state index in [0.29, 0.717) is 0 Å². The highest BCUT2D eigenvalue weighted by Gasteiger charge is 2.16. The van der Waals surface area contributed by atoms with Crippen LogP contribution >= 0.6 is 0 Å². The van der Waals surface area contributed by atoms with E-state index in [2.05, 4.69) is 35.3 Å². The maximum Gasteiger partial charge on any atom is 0.0611 e. The van der Waals surface area contributed by atoms with Crippen LogP contribution in [-0.2, 0) is 7.05 Å². The summed E-state index contributed by atoms with van der Waals surface area (Å²) in [6.07, 6.45) is 7.69. The zero-order chi connectivity index (χ0) is 12.3. The molecular weight excluding hydrogens is 212 g/mol. The SMILES string of the molecule is CCNC(c1cnn(C)c1)c1ccncc1C. The third kappa shape index (κ3) is 2.53. The van der Waals surface area contributed by atoms with Gasteiger partial charge in [0.05, 0.1) is 12.2 Å². The normalized spacial score (nSPS) is 12.6. The van der Waals surface area contributed by atoms with Crippen LogP contribution in [0.5, 0.6) is 0 Å². The van der Waals surface area contributed by atoms with Gasteiger partial charge in [0.1, 0.15) is 0 Å². The molecule has 0 amide bonds. The molecule has 1 atom stereocenters. The first-order valence-electron chi connectivity index (χ1n) is 5.84. The van der Waals surface area contributed by atoms with Crippen molar-refractivity contribution in [3.8, 4) is 0 Å². The Kier molecular flexibility index (Phi) is 3.54. The summed E-state index contributed by atoms with van der Waals surface area (Å²) in [4.78, 5) is 4.14. The molecule has 0 fully saturated rings. The van der Waals surface area contributed by atoms with Gasteiger partial charge >= 0.3 is 0 Å². The van der Waals surface area contributed by atoms with Crippen molar-refractivity contribution in [1.29, 1.82) is 0 Å². The minimum absolute atomic E-state index is 0.191. The molecule has 0 aromatic carbocycles. The molecule has 0 aliphatic rings. The van der Waals surface area contributed by atoms with Crippen molar-refractivity contribution in [2.75, 3.05) is 6.54 Å². The molecular formula is C13H18N4. The third-order valence-electron chi connectivity index (χ3n) is 2.84. The molecule has 90 valence electrons. The van der Waals surface area contributed by atoms with Crippen LogP contribution in [0, 0.1) is 6.92 Å². The zero-order valence-electron chi connectivity index (χ0n) is 10.5. The monoisotopic (exact) mass is 230 g/mol. The average Bonchev–Trinajstić information content (AvgIpc) is 2.74. The van der Waals surface area contributed by atoms with E-state index < -0.39 is 0 Å². The van der Waals surface area contributed by atoms with Crippen LogP contribution in [-0.4, -0.2) is 21.3 Å². The number of nitrogens with one attached hydrogen (secondary N) is 1. The van der Waals surface area contributed by atoms with E-state index >= 15 is 0 Å². The Morgan fingerprint density at radius 1 is 1.41 bits per heavy atom. The van der Waals surface area contributed by atoms with E-state index in [0.717, 1.165) is 6.54 Å². The van der Waals surface area contributed by atoms with E-state index in [1.807, 2.05) is 36.5 Å². The second-order valence-electron chi connectivity index (χ2n) is 4.17. The van der Waals surface area contributed by atoms with E-state index in [-0.39, 0.29) is 6.04 Å². The van der Waals surface area contributed by atoms with Crippen molar-refractivity contribution < 1.29 is 0 Å². The number of rotatable bonds is 4. The van der Waals surface area contributed by atoms with Gasteiger partial charge in [-0.3, -0.25) is 9.67 Å². The van der Waals surface area contributed by atoms with Crippen LogP contribution in [0.15, 0.2) is 30.9 Å². The molecule has 4 nitrogen and oxygen atoms in total. The fourth-order valence-corrected chi connectivity index (χ4v) is 2.01. The van der Waals surface area contributed by atoms with Gasteiger partial charge in [-0.15, -0.1) is 0 Å². The predicted octanol–water partition coefficient (Wildman–Crippen LogP) is 1.82. The van der Waals surface area contributed by atoms with Crippen LogP contribution in [0.1, 0.15) is 29.7 Å². The molecule has 0 aliphatic heterocycles. The number of hydrogen-bond acceptors (Lipinski definition) is 3. The molecule has 0 saturated heterocycles. The molecule has 1 unspecified atom stereocenters. The Hall–Kier alpha value is -1.68. The third-order valence-corrected chi connectivity index (χ3v) is 2.84. The highest BCUT2D eigenvalue weighted by Crippen LogP contribution is 2.23. The second-order valence-corrected chi connectivity index (χ2v) is 4.17. The molecule has 2 aromatic rings. The first-order valence-corrected chi connectivity index (χ1v) is 5.84. The first kappa shape index (κ1) is 11.8. The molecule has 2 rings (SSSR count). The number of aromatic nitrogens is 3. The lowest BCUT2D eigenvalue weighted by Gasteiger charge is -2.18. The van der Waals surface area contributed by atoms with Crippen LogP contribution in [0.3, 0.4) is 0 Å². The predicted molar refractivity (Wildman–Crippen MR) is 67.7 cm³/mol. The number of hydrogen-bond donors (Lipinski definition) is 1. The Balaban J connectivity index is 2.39. The average molecular weight is 230 g/mol. The molecule has 0 bridgehead atoms. The minimum atomic E-state index is 0.191. The van der Waals surface area contributed by atoms with Gasteiger partial charge in [-0.1, -0.05) is 6.92 Å². The van der Waals surface area contributed by atoms with Crippen molar-refractivity contribution in [3.63, 3.8) is 0 Å². The standard InChI is InChI=1S/C13H18N4/c1-4-15-13(11-8-16-17(3)9-11)12-5-6-14-7-10(12)2/h5-9,13,15H,4H2,1-3H3. The largest absolute Gasteiger partial charge is 0.306 e. The van der Waals surface area contributed by atoms with Gasteiger partial charge in [-0.2, -0.15) is 5.10 Å². The minimum Gasteiger partial charge on any atom is -0.306 e.